The highest BCUT2D eigenvalue weighted by Gasteiger charge is 2.33. The maximum absolute atomic E-state index is 12.5. The Balaban J connectivity index is 1.69. The summed E-state index contributed by atoms with van der Waals surface area (Å²) in [5.74, 6) is 0.141. The van der Waals surface area contributed by atoms with Gasteiger partial charge in [-0.2, -0.15) is 0 Å². The van der Waals surface area contributed by atoms with Crippen LogP contribution in [0.25, 0.3) is 0 Å². The van der Waals surface area contributed by atoms with Crippen molar-refractivity contribution in [2.75, 3.05) is 25.0 Å². The molecule has 2 N–H and O–H groups in total. The van der Waals surface area contributed by atoms with Gasteiger partial charge in [0.2, 0.25) is 0 Å². The Hall–Kier alpha value is -1.40. The maximum Gasteiger partial charge on any atom is 0.341 e. The molecule has 0 aromatic carbocycles. The van der Waals surface area contributed by atoms with E-state index in [9.17, 15) is 9.59 Å². The van der Waals surface area contributed by atoms with Gasteiger partial charge in [0, 0.05) is 0 Å². The Morgan fingerprint density at radius 3 is 2.79 bits per heavy atom. The zero-order valence-electron chi connectivity index (χ0n) is 14.5. The molecule has 1 saturated carbocycles. The maximum atomic E-state index is 12.5. The van der Waals surface area contributed by atoms with Gasteiger partial charge in [-0.3, -0.25) is 4.79 Å². The molecule has 1 amide bonds. The van der Waals surface area contributed by atoms with Gasteiger partial charge in [-0.15, -0.1) is 11.3 Å². The predicted octanol–water partition coefficient (Wildman–Crippen LogP) is 2.20. The summed E-state index contributed by atoms with van der Waals surface area (Å²) in [6.07, 6.45) is 5.86. The summed E-state index contributed by atoms with van der Waals surface area (Å²) < 4.78 is 5.21. The van der Waals surface area contributed by atoms with Crippen LogP contribution in [0.15, 0.2) is 5.38 Å². The molecule has 1 aliphatic heterocycles. The number of esters is 1. The van der Waals surface area contributed by atoms with Crippen molar-refractivity contribution < 1.29 is 19.2 Å². The first-order valence-electron chi connectivity index (χ1n) is 9.03. The van der Waals surface area contributed by atoms with E-state index < -0.39 is 0 Å². The van der Waals surface area contributed by atoms with Crippen LogP contribution >= 0.6 is 11.3 Å². The SMILES string of the molecule is CCOC(=O)c1c(C2CC2)csc1NC(=O)C[NH+]1CCCC[C@@H]1C. The van der Waals surface area contributed by atoms with Crippen LogP contribution in [0.5, 0.6) is 0 Å². The molecule has 0 radical (unpaired) electrons. The molecule has 24 heavy (non-hydrogen) atoms. The third-order valence-electron chi connectivity index (χ3n) is 5.04. The topological polar surface area (TPSA) is 59.8 Å². The smallest absolute Gasteiger partial charge is 0.341 e. The molecule has 0 spiro atoms. The fourth-order valence-electron chi connectivity index (χ4n) is 3.46. The van der Waals surface area contributed by atoms with Crippen molar-refractivity contribution in [3.8, 4) is 0 Å². The Kier molecular flexibility index (Phi) is 5.56. The fourth-order valence-corrected chi connectivity index (χ4v) is 4.51. The minimum absolute atomic E-state index is 0.00602. The van der Waals surface area contributed by atoms with Crippen molar-refractivity contribution in [1.29, 1.82) is 0 Å². The number of amides is 1. The number of hydrogen-bond acceptors (Lipinski definition) is 4. The van der Waals surface area contributed by atoms with E-state index in [-0.39, 0.29) is 11.9 Å². The van der Waals surface area contributed by atoms with E-state index in [1.807, 2.05) is 5.38 Å². The number of anilines is 1. The van der Waals surface area contributed by atoms with E-state index in [4.69, 9.17) is 4.74 Å². The standard InChI is InChI=1S/C18H26N2O3S/c1-3-23-18(22)16-14(13-7-8-13)11-24-17(16)19-15(21)10-20-9-5-4-6-12(20)2/h11-13H,3-10H2,1-2H3,(H,19,21)/p+1/t12-/m0/s1. The molecular formula is C18H27N2O3S+. The van der Waals surface area contributed by atoms with Gasteiger partial charge in [0.25, 0.3) is 5.91 Å². The van der Waals surface area contributed by atoms with Crippen LogP contribution in [0.1, 0.15) is 67.8 Å². The number of quaternary nitrogens is 1. The average molecular weight is 351 g/mol. The van der Waals surface area contributed by atoms with Crippen LogP contribution in [0.3, 0.4) is 0 Å². The molecule has 1 aromatic rings. The quantitative estimate of drug-likeness (QED) is 0.773. The number of likely N-dealkylation sites (tertiary alicyclic amines) is 1. The normalized spacial score (nSPS) is 23.8. The summed E-state index contributed by atoms with van der Waals surface area (Å²) in [4.78, 5) is 26.2. The summed E-state index contributed by atoms with van der Waals surface area (Å²) in [6.45, 7) is 5.89. The number of piperidine rings is 1. The molecule has 2 atom stereocenters. The second-order valence-electron chi connectivity index (χ2n) is 6.92. The lowest BCUT2D eigenvalue weighted by Gasteiger charge is -2.29. The van der Waals surface area contributed by atoms with E-state index in [1.165, 1.54) is 35.5 Å². The largest absolute Gasteiger partial charge is 0.462 e. The van der Waals surface area contributed by atoms with Crippen molar-refractivity contribution >= 4 is 28.2 Å². The number of carbonyl (C=O) groups is 2. The van der Waals surface area contributed by atoms with Gasteiger partial charge in [-0.05, 0) is 62.8 Å². The van der Waals surface area contributed by atoms with Gasteiger partial charge in [-0.1, -0.05) is 0 Å². The molecule has 1 saturated heterocycles. The third kappa shape index (κ3) is 3.98. The molecular weight excluding hydrogens is 324 g/mol. The number of thiophene rings is 1. The van der Waals surface area contributed by atoms with Crippen LogP contribution in [-0.4, -0.2) is 37.6 Å². The predicted molar refractivity (Wildman–Crippen MR) is 94.9 cm³/mol. The third-order valence-corrected chi connectivity index (χ3v) is 5.95. The molecule has 2 fully saturated rings. The molecule has 0 bridgehead atoms. The van der Waals surface area contributed by atoms with Crippen LogP contribution in [-0.2, 0) is 9.53 Å². The second kappa shape index (κ2) is 7.66. The molecule has 3 rings (SSSR count). The molecule has 132 valence electrons. The van der Waals surface area contributed by atoms with E-state index in [2.05, 4.69) is 12.2 Å². The van der Waals surface area contributed by atoms with Gasteiger partial charge in [0.05, 0.1) is 24.8 Å². The summed E-state index contributed by atoms with van der Waals surface area (Å²) in [5, 5.41) is 5.65. The van der Waals surface area contributed by atoms with Gasteiger partial charge in [0.1, 0.15) is 5.00 Å². The van der Waals surface area contributed by atoms with Crippen molar-refractivity contribution in [2.45, 2.75) is 57.9 Å². The number of rotatable bonds is 6. The monoisotopic (exact) mass is 351 g/mol. The van der Waals surface area contributed by atoms with Gasteiger partial charge in [0.15, 0.2) is 6.54 Å². The van der Waals surface area contributed by atoms with E-state index >= 15 is 0 Å². The van der Waals surface area contributed by atoms with E-state index in [1.54, 1.807) is 6.92 Å². The molecule has 5 nitrogen and oxygen atoms in total. The summed E-state index contributed by atoms with van der Waals surface area (Å²) in [5.41, 5.74) is 1.63. The second-order valence-corrected chi connectivity index (χ2v) is 7.80. The van der Waals surface area contributed by atoms with Crippen LogP contribution < -0.4 is 10.2 Å². The van der Waals surface area contributed by atoms with Gasteiger partial charge >= 0.3 is 5.97 Å². The number of nitrogens with one attached hydrogen (secondary N) is 2. The average Bonchev–Trinajstić information content (AvgIpc) is 3.31. The molecule has 1 unspecified atom stereocenters. The van der Waals surface area contributed by atoms with E-state index in [0.29, 0.717) is 35.7 Å². The summed E-state index contributed by atoms with van der Waals surface area (Å²) in [6, 6.07) is 0.527. The Labute approximate surface area is 147 Å². The zero-order chi connectivity index (χ0) is 17.1. The first-order valence-corrected chi connectivity index (χ1v) is 9.91. The lowest BCUT2D eigenvalue weighted by Crippen LogP contribution is -3.17. The van der Waals surface area contributed by atoms with Crippen molar-refractivity contribution in [3.05, 3.63) is 16.5 Å². The van der Waals surface area contributed by atoms with Crippen molar-refractivity contribution in [3.63, 3.8) is 0 Å². The van der Waals surface area contributed by atoms with Crippen molar-refractivity contribution in [1.82, 2.24) is 0 Å². The molecule has 1 aromatic heterocycles. The first kappa shape index (κ1) is 17.4. The van der Waals surface area contributed by atoms with Crippen molar-refractivity contribution in [2.24, 2.45) is 0 Å². The lowest BCUT2D eigenvalue weighted by atomic mass is 10.0. The van der Waals surface area contributed by atoms with Gasteiger partial charge < -0.3 is 15.0 Å². The highest BCUT2D eigenvalue weighted by atomic mass is 32.1. The highest BCUT2D eigenvalue weighted by molar-refractivity contribution is 7.15. The minimum atomic E-state index is -0.311. The number of carbonyl (C=O) groups excluding carboxylic acids is 2. The molecule has 2 aliphatic rings. The number of hydrogen-bond donors (Lipinski definition) is 2. The number of ether oxygens (including phenoxy) is 1. The molecule has 6 heteroatoms. The van der Waals surface area contributed by atoms with Gasteiger partial charge in [-0.25, -0.2) is 4.79 Å². The first-order chi connectivity index (χ1) is 11.6. The fraction of sp³-hybridized carbons (Fsp3) is 0.667. The Morgan fingerprint density at radius 1 is 1.33 bits per heavy atom. The lowest BCUT2D eigenvalue weighted by molar-refractivity contribution is -0.920. The van der Waals surface area contributed by atoms with Crippen LogP contribution in [0.4, 0.5) is 5.00 Å². The summed E-state index contributed by atoms with van der Waals surface area (Å²) >= 11 is 1.45. The Morgan fingerprint density at radius 2 is 2.12 bits per heavy atom. The van der Waals surface area contributed by atoms with Crippen LogP contribution in [0, 0.1) is 0 Å². The summed E-state index contributed by atoms with van der Waals surface area (Å²) in [7, 11) is 0. The minimum Gasteiger partial charge on any atom is -0.462 e. The molecule has 2 heterocycles. The van der Waals surface area contributed by atoms with Crippen LogP contribution in [0.2, 0.25) is 0 Å². The van der Waals surface area contributed by atoms with E-state index in [0.717, 1.165) is 24.9 Å². The zero-order valence-corrected chi connectivity index (χ0v) is 15.3. The Bertz CT molecular complexity index is 609. The molecule has 1 aliphatic carbocycles. The highest BCUT2D eigenvalue weighted by Crippen LogP contribution is 2.46.